The minimum atomic E-state index is -0.946. The number of ether oxygens (including phenoxy) is 1. The van der Waals surface area contributed by atoms with Crippen LogP contribution in [0.4, 0.5) is 0 Å². The Morgan fingerprint density at radius 3 is 1.53 bits per heavy atom. The third kappa shape index (κ3) is 21.9. The summed E-state index contributed by atoms with van der Waals surface area (Å²) in [5, 5.41) is 9.74. The van der Waals surface area contributed by atoms with E-state index in [1.54, 1.807) is 13.8 Å². The molecule has 3 heteroatoms. The van der Waals surface area contributed by atoms with Crippen molar-refractivity contribution in [2.75, 3.05) is 0 Å². The number of unbranched alkanes of at least 4 members (excludes halogenated alkanes) is 16. The first kappa shape index (κ1) is 29.2. The Bertz CT molecular complexity index is 390. The molecule has 30 heavy (non-hydrogen) atoms. The molecule has 3 nitrogen and oxygen atoms in total. The van der Waals surface area contributed by atoms with Gasteiger partial charge in [0.25, 0.3) is 0 Å². The molecule has 0 heterocycles. The van der Waals surface area contributed by atoms with Crippen LogP contribution < -0.4 is 0 Å². The summed E-state index contributed by atoms with van der Waals surface area (Å²) in [5.74, 6) is -0.474. The Morgan fingerprint density at radius 1 is 0.700 bits per heavy atom. The Balaban J connectivity index is 3.22. The predicted molar refractivity (Wildman–Crippen MR) is 130 cm³/mol. The maximum Gasteiger partial charge on any atom is 0.335 e. The predicted octanol–water partition coefficient (Wildman–Crippen LogP) is 8.29. The smallest absolute Gasteiger partial charge is 0.335 e. The summed E-state index contributed by atoms with van der Waals surface area (Å²) in [6, 6.07) is 0. The maximum absolute atomic E-state index is 11.5. The first-order valence-electron chi connectivity index (χ1n) is 13.1. The van der Waals surface area contributed by atoms with Crippen molar-refractivity contribution in [2.24, 2.45) is 0 Å². The van der Waals surface area contributed by atoms with Crippen LogP contribution in [0.5, 0.6) is 0 Å². The van der Waals surface area contributed by atoms with Crippen LogP contribution in [0.25, 0.3) is 0 Å². The second kappa shape index (κ2) is 22.8. The van der Waals surface area contributed by atoms with Gasteiger partial charge in [-0.1, -0.05) is 109 Å². The Kier molecular flexibility index (Phi) is 22.2. The number of allylic oxidation sites excluding steroid dienone is 2. The summed E-state index contributed by atoms with van der Waals surface area (Å²) in [6.45, 7) is 5.89. The van der Waals surface area contributed by atoms with E-state index in [1.165, 1.54) is 103 Å². The van der Waals surface area contributed by atoms with Crippen LogP contribution in [0.15, 0.2) is 12.2 Å². The van der Waals surface area contributed by atoms with Gasteiger partial charge in [-0.3, -0.25) is 0 Å². The molecule has 0 aliphatic rings. The van der Waals surface area contributed by atoms with Crippen molar-refractivity contribution >= 4 is 5.97 Å². The fourth-order valence-electron chi connectivity index (χ4n) is 3.72. The summed E-state index contributed by atoms with van der Waals surface area (Å²) in [6.07, 6.45) is 27.7. The molecule has 0 amide bonds. The molecule has 1 unspecified atom stereocenters. The van der Waals surface area contributed by atoms with E-state index < -0.39 is 12.1 Å². The highest BCUT2D eigenvalue weighted by atomic mass is 16.6. The third-order valence-electron chi connectivity index (χ3n) is 5.61. The van der Waals surface area contributed by atoms with E-state index >= 15 is 0 Å². The first-order chi connectivity index (χ1) is 14.6. The van der Waals surface area contributed by atoms with Gasteiger partial charge < -0.3 is 9.84 Å². The number of hydrogen-bond acceptors (Lipinski definition) is 3. The maximum atomic E-state index is 11.5. The van der Waals surface area contributed by atoms with E-state index in [0.29, 0.717) is 6.42 Å². The molecule has 178 valence electrons. The highest BCUT2D eigenvalue weighted by Crippen LogP contribution is 2.13. The van der Waals surface area contributed by atoms with Crippen molar-refractivity contribution in [2.45, 2.75) is 155 Å². The number of carbonyl (C=O) groups excluding carboxylic acids is 1. The van der Waals surface area contributed by atoms with Gasteiger partial charge >= 0.3 is 5.97 Å². The van der Waals surface area contributed by atoms with Gasteiger partial charge in [-0.05, 0) is 46.0 Å². The topological polar surface area (TPSA) is 46.5 Å². The molecule has 0 saturated carbocycles. The van der Waals surface area contributed by atoms with Gasteiger partial charge in [-0.2, -0.15) is 0 Å². The zero-order chi connectivity index (χ0) is 22.3. The average Bonchev–Trinajstić information content (AvgIpc) is 2.71. The minimum Gasteiger partial charge on any atom is -0.461 e. The third-order valence-corrected chi connectivity index (χ3v) is 5.61. The zero-order valence-electron chi connectivity index (χ0n) is 20.5. The van der Waals surface area contributed by atoms with E-state index in [4.69, 9.17) is 4.74 Å². The molecule has 0 aromatic carbocycles. The molecule has 1 atom stereocenters. The highest BCUT2D eigenvalue weighted by molar-refractivity contribution is 5.74. The fourth-order valence-corrected chi connectivity index (χ4v) is 3.72. The molecule has 0 aliphatic carbocycles. The fraction of sp³-hybridized carbons (Fsp3) is 0.889. The lowest BCUT2D eigenvalue weighted by atomic mass is 10.0. The number of hydrogen-bond donors (Lipinski definition) is 1. The molecule has 0 aromatic rings. The van der Waals surface area contributed by atoms with Crippen LogP contribution in [-0.4, -0.2) is 23.3 Å². The molecular weight excluding hydrogens is 372 g/mol. The van der Waals surface area contributed by atoms with Gasteiger partial charge in [0, 0.05) is 0 Å². The van der Waals surface area contributed by atoms with Crippen molar-refractivity contribution in [3.8, 4) is 0 Å². The molecule has 0 radical (unpaired) electrons. The van der Waals surface area contributed by atoms with Crippen LogP contribution in [0.2, 0.25) is 0 Å². The molecule has 0 fully saturated rings. The SMILES string of the molecule is CCCCCCCC/C=C\CCCCCCCCCCCCC(O)C(=O)OC(C)C. The van der Waals surface area contributed by atoms with Crippen LogP contribution in [0.1, 0.15) is 143 Å². The summed E-state index contributed by atoms with van der Waals surface area (Å²) < 4.78 is 5.01. The molecule has 0 aliphatic heterocycles. The second-order valence-corrected chi connectivity index (χ2v) is 9.14. The van der Waals surface area contributed by atoms with E-state index in [0.717, 1.165) is 12.8 Å². The molecule has 0 saturated heterocycles. The van der Waals surface area contributed by atoms with Crippen molar-refractivity contribution in [3.63, 3.8) is 0 Å². The van der Waals surface area contributed by atoms with Crippen LogP contribution in [0.3, 0.4) is 0 Å². The molecule has 1 N–H and O–H groups in total. The van der Waals surface area contributed by atoms with E-state index in [-0.39, 0.29) is 6.10 Å². The van der Waals surface area contributed by atoms with Gasteiger partial charge in [0.15, 0.2) is 6.10 Å². The summed E-state index contributed by atoms with van der Waals surface area (Å²) in [5.41, 5.74) is 0. The van der Waals surface area contributed by atoms with Crippen LogP contribution in [-0.2, 0) is 9.53 Å². The number of rotatable bonds is 22. The summed E-state index contributed by atoms with van der Waals surface area (Å²) in [4.78, 5) is 11.5. The summed E-state index contributed by atoms with van der Waals surface area (Å²) >= 11 is 0. The lowest BCUT2D eigenvalue weighted by molar-refractivity contribution is -0.157. The number of aliphatic hydroxyl groups is 1. The van der Waals surface area contributed by atoms with Gasteiger partial charge in [0.1, 0.15) is 0 Å². The second-order valence-electron chi connectivity index (χ2n) is 9.14. The zero-order valence-corrected chi connectivity index (χ0v) is 20.5. The number of carbonyl (C=O) groups is 1. The van der Waals surface area contributed by atoms with Crippen molar-refractivity contribution in [1.29, 1.82) is 0 Å². The van der Waals surface area contributed by atoms with Crippen molar-refractivity contribution in [3.05, 3.63) is 12.2 Å². The molecular formula is C27H52O3. The Labute approximate surface area is 188 Å². The van der Waals surface area contributed by atoms with E-state index in [2.05, 4.69) is 19.1 Å². The lowest BCUT2D eigenvalue weighted by Gasteiger charge is -2.12. The quantitative estimate of drug-likeness (QED) is 0.108. The monoisotopic (exact) mass is 424 g/mol. The molecule has 0 aromatic heterocycles. The highest BCUT2D eigenvalue weighted by Gasteiger charge is 2.16. The van der Waals surface area contributed by atoms with Crippen LogP contribution >= 0.6 is 0 Å². The van der Waals surface area contributed by atoms with Crippen LogP contribution in [0, 0.1) is 0 Å². The van der Waals surface area contributed by atoms with Gasteiger partial charge in [0.2, 0.25) is 0 Å². The molecule has 0 bridgehead atoms. The number of aliphatic hydroxyl groups excluding tert-OH is 1. The van der Waals surface area contributed by atoms with Crippen molar-refractivity contribution < 1.29 is 14.6 Å². The van der Waals surface area contributed by atoms with Crippen molar-refractivity contribution in [1.82, 2.24) is 0 Å². The molecule has 0 spiro atoms. The van der Waals surface area contributed by atoms with E-state index in [9.17, 15) is 9.90 Å². The Hall–Kier alpha value is -0.830. The standard InChI is InChI=1S/C27H52O3/c1-4-5-6-7-8-9-10-11-12-13-14-15-16-17-18-19-20-21-22-23-24-26(28)27(29)30-25(2)3/h11-12,25-26,28H,4-10,13-24H2,1-3H3/b12-11-. The Morgan fingerprint density at radius 2 is 1.10 bits per heavy atom. The first-order valence-corrected chi connectivity index (χ1v) is 13.1. The normalized spacial score (nSPS) is 12.7. The largest absolute Gasteiger partial charge is 0.461 e. The number of esters is 1. The van der Waals surface area contributed by atoms with Gasteiger partial charge in [0.05, 0.1) is 6.10 Å². The van der Waals surface area contributed by atoms with Gasteiger partial charge in [-0.25, -0.2) is 4.79 Å². The average molecular weight is 425 g/mol. The van der Waals surface area contributed by atoms with E-state index in [1.807, 2.05) is 0 Å². The summed E-state index contributed by atoms with van der Waals surface area (Å²) in [7, 11) is 0. The minimum absolute atomic E-state index is 0.154. The lowest BCUT2D eigenvalue weighted by Crippen LogP contribution is -2.25. The van der Waals surface area contributed by atoms with Gasteiger partial charge in [-0.15, -0.1) is 0 Å². The molecule has 0 rings (SSSR count).